The van der Waals surface area contributed by atoms with Gasteiger partial charge in [-0.15, -0.1) is 0 Å². The fraction of sp³-hybridized carbons (Fsp3) is 0.538. The van der Waals surface area contributed by atoms with Gasteiger partial charge in [0, 0.05) is 23.1 Å². The first-order chi connectivity index (χ1) is 7.57. The molecule has 1 aromatic rings. The molecule has 0 amide bonds. The molecule has 1 aliphatic rings. The fourth-order valence-corrected chi connectivity index (χ4v) is 2.78. The van der Waals surface area contributed by atoms with Gasteiger partial charge in [-0.1, -0.05) is 28.1 Å². The van der Waals surface area contributed by atoms with Crippen LogP contribution in [0.5, 0.6) is 0 Å². The molecule has 0 saturated heterocycles. The second-order valence-electron chi connectivity index (χ2n) is 5.02. The van der Waals surface area contributed by atoms with E-state index < -0.39 is 0 Å². The lowest BCUT2D eigenvalue weighted by molar-refractivity contribution is 0.161. The normalized spacial score (nSPS) is 18.5. The Morgan fingerprint density at radius 3 is 2.75 bits per heavy atom. The van der Waals surface area contributed by atoms with E-state index in [-0.39, 0.29) is 5.54 Å². The Balaban J connectivity index is 1.89. The number of hydrogen-bond donors (Lipinski definition) is 1. The van der Waals surface area contributed by atoms with Gasteiger partial charge in [-0.2, -0.15) is 0 Å². The van der Waals surface area contributed by atoms with Gasteiger partial charge in [0.05, 0.1) is 0 Å². The van der Waals surface area contributed by atoms with Crippen molar-refractivity contribution in [3.63, 3.8) is 0 Å². The molecule has 2 nitrogen and oxygen atoms in total. The van der Waals surface area contributed by atoms with Crippen LogP contribution in [0.3, 0.4) is 0 Å². The summed E-state index contributed by atoms with van der Waals surface area (Å²) in [5.74, 6) is 0. The second kappa shape index (κ2) is 4.86. The summed E-state index contributed by atoms with van der Waals surface area (Å²) < 4.78 is 1.14. The summed E-state index contributed by atoms with van der Waals surface area (Å²) >= 11 is 3.50. The zero-order chi connectivity index (χ0) is 11.6. The lowest BCUT2D eigenvalue weighted by atomic mass is 9.77. The maximum atomic E-state index is 6.24. The number of likely N-dealkylation sites (N-methyl/N-ethyl adjacent to an activating group) is 1. The maximum absolute atomic E-state index is 6.24. The number of nitrogens with zero attached hydrogens (tertiary/aromatic N) is 1. The molecule has 0 bridgehead atoms. The lowest BCUT2D eigenvalue weighted by Gasteiger charge is -2.41. The topological polar surface area (TPSA) is 29.3 Å². The molecule has 0 heterocycles. The highest BCUT2D eigenvalue weighted by Crippen LogP contribution is 2.29. The zero-order valence-electron chi connectivity index (χ0n) is 9.75. The molecule has 1 saturated carbocycles. The zero-order valence-corrected chi connectivity index (χ0v) is 11.3. The van der Waals surface area contributed by atoms with Crippen molar-refractivity contribution in [3.05, 3.63) is 34.3 Å². The van der Waals surface area contributed by atoms with E-state index in [1.807, 2.05) is 0 Å². The van der Waals surface area contributed by atoms with Crippen LogP contribution in [0, 0.1) is 0 Å². The Morgan fingerprint density at radius 1 is 1.44 bits per heavy atom. The minimum absolute atomic E-state index is 0.0841. The molecule has 0 aromatic heterocycles. The van der Waals surface area contributed by atoms with Crippen molar-refractivity contribution in [1.29, 1.82) is 0 Å². The van der Waals surface area contributed by atoms with Crippen LogP contribution < -0.4 is 5.73 Å². The van der Waals surface area contributed by atoms with Gasteiger partial charge in [0.15, 0.2) is 0 Å². The average Bonchev–Trinajstić information content (AvgIpc) is 2.15. The lowest BCUT2D eigenvalue weighted by Crippen LogP contribution is -2.54. The summed E-state index contributed by atoms with van der Waals surface area (Å²) in [5, 5.41) is 0. The van der Waals surface area contributed by atoms with Crippen LogP contribution in [0.15, 0.2) is 28.7 Å². The van der Waals surface area contributed by atoms with Crippen molar-refractivity contribution in [2.45, 2.75) is 31.3 Å². The van der Waals surface area contributed by atoms with Crippen LogP contribution in [0.25, 0.3) is 0 Å². The van der Waals surface area contributed by atoms with E-state index in [2.05, 4.69) is 52.1 Å². The standard InChI is InChI=1S/C13H19BrN2/c1-16(10-13(15)6-3-7-13)9-11-4-2-5-12(14)8-11/h2,4-5,8H,3,6-7,9-10,15H2,1H3. The summed E-state index contributed by atoms with van der Waals surface area (Å²) in [6.45, 7) is 1.97. The van der Waals surface area contributed by atoms with E-state index in [4.69, 9.17) is 5.73 Å². The molecule has 0 atom stereocenters. The minimum atomic E-state index is 0.0841. The molecule has 0 aliphatic heterocycles. The summed E-state index contributed by atoms with van der Waals surface area (Å²) in [4.78, 5) is 2.32. The number of nitrogens with two attached hydrogens (primary N) is 1. The van der Waals surface area contributed by atoms with Gasteiger partial charge in [0.2, 0.25) is 0 Å². The minimum Gasteiger partial charge on any atom is -0.324 e. The number of hydrogen-bond acceptors (Lipinski definition) is 2. The van der Waals surface area contributed by atoms with E-state index >= 15 is 0 Å². The molecular weight excluding hydrogens is 264 g/mol. The van der Waals surface area contributed by atoms with E-state index in [1.165, 1.54) is 24.8 Å². The van der Waals surface area contributed by atoms with E-state index in [1.54, 1.807) is 0 Å². The van der Waals surface area contributed by atoms with E-state index in [0.717, 1.165) is 17.6 Å². The SMILES string of the molecule is CN(Cc1cccc(Br)c1)CC1(N)CCC1. The van der Waals surface area contributed by atoms with Crippen molar-refractivity contribution in [1.82, 2.24) is 4.90 Å². The predicted molar refractivity (Wildman–Crippen MR) is 71.2 cm³/mol. The number of halogens is 1. The molecule has 1 aliphatic carbocycles. The van der Waals surface area contributed by atoms with Gasteiger partial charge in [-0.3, -0.25) is 0 Å². The van der Waals surface area contributed by atoms with E-state index in [0.29, 0.717) is 0 Å². The highest BCUT2D eigenvalue weighted by atomic mass is 79.9. The molecule has 2 N–H and O–H groups in total. The smallest absolute Gasteiger partial charge is 0.0283 e. The summed E-state index contributed by atoms with van der Waals surface area (Å²) in [5.41, 5.74) is 7.65. The highest BCUT2D eigenvalue weighted by molar-refractivity contribution is 9.10. The molecule has 0 radical (unpaired) electrons. The fourth-order valence-electron chi connectivity index (χ4n) is 2.33. The highest BCUT2D eigenvalue weighted by Gasteiger charge is 2.33. The second-order valence-corrected chi connectivity index (χ2v) is 5.93. The van der Waals surface area contributed by atoms with Crippen LogP contribution in [-0.4, -0.2) is 24.0 Å². The third-order valence-electron chi connectivity index (χ3n) is 3.28. The van der Waals surface area contributed by atoms with Crippen LogP contribution in [0.2, 0.25) is 0 Å². The molecular formula is C13H19BrN2. The largest absolute Gasteiger partial charge is 0.324 e. The van der Waals surface area contributed by atoms with Crippen LogP contribution in [-0.2, 0) is 6.54 Å². The Hall–Kier alpha value is -0.380. The maximum Gasteiger partial charge on any atom is 0.0283 e. The van der Waals surface area contributed by atoms with Crippen molar-refractivity contribution < 1.29 is 0 Å². The molecule has 1 aromatic carbocycles. The third kappa shape index (κ3) is 3.06. The molecule has 3 heteroatoms. The molecule has 88 valence electrons. The molecule has 2 rings (SSSR count). The first-order valence-electron chi connectivity index (χ1n) is 5.79. The van der Waals surface area contributed by atoms with Crippen molar-refractivity contribution in [3.8, 4) is 0 Å². The summed E-state index contributed by atoms with van der Waals surface area (Å²) in [6, 6.07) is 8.46. The van der Waals surface area contributed by atoms with Gasteiger partial charge in [0.1, 0.15) is 0 Å². The monoisotopic (exact) mass is 282 g/mol. The van der Waals surface area contributed by atoms with Gasteiger partial charge >= 0.3 is 0 Å². The van der Waals surface area contributed by atoms with Crippen molar-refractivity contribution >= 4 is 15.9 Å². The van der Waals surface area contributed by atoms with Crippen LogP contribution in [0.1, 0.15) is 24.8 Å². The van der Waals surface area contributed by atoms with Gasteiger partial charge in [0.25, 0.3) is 0 Å². The molecule has 0 unspecified atom stereocenters. The van der Waals surface area contributed by atoms with Crippen LogP contribution >= 0.6 is 15.9 Å². The Morgan fingerprint density at radius 2 is 2.19 bits per heavy atom. The average molecular weight is 283 g/mol. The molecule has 16 heavy (non-hydrogen) atoms. The van der Waals surface area contributed by atoms with Crippen molar-refractivity contribution in [2.24, 2.45) is 5.73 Å². The van der Waals surface area contributed by atoms with Gasteiger partial charge in [-0.25, -0.2) is 0 Å². The first kappa shape index (κ1) is 12.1. The van der Waals surface area contributed by atoms with Crippen molar-refractivity contribution in [2.75, 3.05) is 13.6 Å². The van der Waals surface area contributed by atoms with E-state index in [9.17, 15) is 0 Å². The van der Waals surface area contributed by atoms with Gasteiger partial charge in [-0.05, 0) is 44.0 Å². The Labute approximate surface area is 106 Å². The number of benzene rings is 1. The first-order valence-corrected chi connectivity index (χ1v) is 6.59. The Kier molecular flexibility index (Phi) is 3.67. The molecule has 1 fully saturated rings. The molecule has 0 spiro atoms. The van der Waals surface area contributed by atoms with Crippen LogP contribution in [0.4, 0.5) is 0 Å². The predicted octanol–water partition coefficient (Wildman–Crippen LogP) is 2.76. The van der Waals surface area contributed by atoms with Gasteiger partial charge < -0.3 is 10.6 Å². The Bertz CT molecular complexity index is 361. The quantitative estimate of drug-likeness (QED) is 0.920. The summed E-state index contributed by atoms with van der Waals surface area (Å²) in [6.07, 6.45) is 3.65. The summed E-state index contributed by atoms with van der Waals surface area (Å²) in [7, 11) is 2.15. The third-order valence-corrected chi connectivity index (χ3v) is 3.77. The number of rotatable bonds is 4.